The Morgan fingerprint density at radius 3 is 2.79 bits per heavy atom. The van der Waals surface area contributed by atoms with E-state index >= 15 is 0 Å². The Bertz CT molecular complexity index is 562. The first kappa shape index (κ1) is 12.3. The first-order valence-electron chi connectivity index (χ1n) is 6.32. The first-order valence-corrected chi connectivity index (χ1v) is 7.47. The minimum Gasteiger partial charge on any atom is -0.337 e. The molecule has 0 saturated carbocycles. The molecule has 5 heteroatoms. The molecule has 4 nitrogen and oxygen atoms in total. The molecule has 19 heavy (non-hydrogen) atoms. The number of thioether (sulfide) groups is 1. The van der Waals surface area contributed by atoms with Crippen LogP contribution in [0, 0.1) is 0 Å². The summed E-state index contributed by atoms with van der Waals surface area (Å²) in [5.74, 6) is 2.18. The monoisotopic (exact) mass is 273 g/mol. The van der Waals surface area contributed by atoms with E-state index in [0.717, 1.165) is 35.8 Å². The molecule has 0 N–H and O–H groups in total. The summed E-state index contributed by atoms with van der Waals surface area (Å²) < 4.78 is 1.77. The number of rotatable bonds is 2. The fourth-order valence-corrected chi connectivity index (χ4v) is 3.06. The van der Waals surface area contributed by atoms with Gasteiger partial charge in [0.1, 0.15) is 0 Å². The minimum absolute atomic E-state index is 0.120. The summed E-state index contributed by atoms with van der Waals surface area (Å²) in [7, 11) is 0. The van der Waals surface area contributed by atoms with Crippen molar-refractivity contribution in [2.75, 3.05) is 24.6 Å². The van der Waals surface area contributed by atoms with Gasteiger partial charge < -0.3 is 4.90 Å². The predicted octanol–water partition coefficient (Wildman–Crippen LogP) is 2.06. The molecular weight excluding hydrogens is 258 g/mol. The van der Waals surface area contributed by atoms with Gasteiger partial charge in [0.25, 0.3) is 5.91 Å². The number of carbonyl (C=O) groups is 1. The largest absolute Gasteiger partial charge is 0.337 e. The SMILES string of the molecule is O=C(c1cccc(-n2cccn2)c1)N1CCSCC1. The Morgan fingerprint density at radius 2 is 2.05 bits per heavy atom. The van der Waals surface area contributed by atoms with Gasteiger partial charge in [0.15, 0.2) is 0 Å². The molecular formula is C14H15N3OS. The van der Waals surface area contributed by atoms with Gasteiger partial charge in [0, 0.05) is 42.6 Å². The van der Waals surface area contributed by atoms with Crippen LogP contribution >= 0.6 is 11.8 Å². The van der Waals surface area contributed by atoms with Crippen molar-refractivity contribution in [3.05, 3.63) is 48.3 Å². The highest BCUT2D eigenvalue weighted by Crippen LogP contribution is 2.15. The summed E-state index contributed by atoms with van der Waals surface area (Å²) in [5, 5.41) is 4.19. The molecule has 0 bridgehead atoms. The molecule has 1 aliphatic rings. The van der Waals surface area contributed by atoms with Gasteiger partial charge in [0.05, 0.1) is 5.69 Å². The van der Waals surface area contributed by atoms with Gasteiger partial charge >= 0.3 is 0 Å². The van der Waals surface area contributed by atoms with Crippen molar-refractivity contribution in [2.24, 2.45) is 0 Å². The van der Waals surface area contributed by atoms with E-state index in [1.165, 1.54) is 0 Å². The van der Waals surface area contributed by atoms with Gasteiger partial charge in [-0.3, -0.25) is 4.79 Å². The highest BCUT2D eigenvalue weighted by molar-refractivity contribution is 7.99. The van der Waals surface area contributed by atoms with E-state index < -0.39 is 0 Å². The standard InChI is InChI=1S/C14H15N3OS/c18-14(16-7-9-19-10-8-16)12-3-1-4-13(11-12)17-6-2-5-15-17/h1-6,11H,7-10H2. The maximum atomic E-state index is 12.4. The zero-order valence-corrected chi connectivity index (χ0v) is 11.3. The molecule has 0 aliphatic carbocycles. The van der Waals surface area contributed by atoms with E-state index in [4.69, 9.17) is 0 Å². The van der Waals surface area contributed by atoms with Crippen LogP contribution < -0.4 is 0 Å². The lowest BCUT2D eigenvalue weighted by atomic mass is 10.1. The molecule has 0 unspecified atom stereocenters. The van der Waals surface area contributed by atoms with Crippen LogP contribution in [-0.4, -0.2) is 45.2 Å². The third-order valence-electron chi connectivity index (χ3n) is 3.16. The second kappa shape index (κ2) is 5.48. The Hall–Kier alpha value is -1.75. The second-order valence-corrected chi connectivity index (χ2v) is 5.63. The van der Waals surface area contributed by atoms with Crippen molar-refractivity contribution in [2.45, 2.75) is 0 Å². The van der Waals surface area contributed by atoms with Crippen LogP contribution in [0.15, 0.2) is 42.7 Å². The predicted molar refractivity (Wildman–Crippen MR) is 76.8 cm³/mol. The summed E-state index contributed by atoms with van der Waals surface area (Å²) in [4.78, 5) is 14.3. The van der Waals surface area contributed by atoms with Crippen molar-refractivity contribution in [3.8, 4) is 5.69 Å². The summed E-state index contributed by atoms with van der Waals surface area (Å²) in [6, 6.07) is 9.50. The molecule has 1 aliphatic heterocycles. The number of carbonyl (C=O) groups excluding carboxylic acids is 1. The molecule has 1 fully saturated rings. The molecule has 0 atom stereocenters. The average molecular weight is 273 g/mol. The van der Waals surface area contributed by atoms with E-state index in [1.54, 1.807) is 10.9 Å². The van der Waals surface area contributed by atoms with Crippen molar-refractivity contribution in [1.29, 1.82) is 0 Å². The molecule has 3 rings (SSSR count). The van der Waals surface area contributed by atoms with Gasteiger partial charge in [-0.2, -0.15) is 16.9 Å². The number of aromatic nitrogens is 2. The van der Waals surface area contributed by atoms with E-state index in [0.29, 0.717) is 0 Å². The molecule has 1 amide bonds. The lowest BCUT2D eigenvalue weighted by Crippen LogP contribution is -2.37. The summed E-state index contributed by atoms with van der Waals surface area (Å²) >= 11 is 1.90. The molecule has 2 heterocycles. The van der Waals surface area contributed by atoms with Crippen molar-refractivity contribution < 1.29 is 4.79 Å². The fraction of sp³-hybridized carbons (Fsp3) is 0.286. The maximum Gasteiger partial charge on any atom is 0.253 e. The summed E-state index contributed by atoms with van der Waals surface area (Å²) in [6.07, 6.45) is 3.61. The highest BCUT2D eigenvalue weighted by atomic mass is 32.2. The quantitative estimate of drug-likeness (QED) is 0.840. The zero-order valence-electron chi connectivity index (χ0n) is 10.5. The normalized spacial score (nSPS) is 15.5. The Kier molecular flexibility index (Phi) is 3.55. The van der Waals surface area contributed by atoms with Crippen LogP contribution in [0.5, 0.6) is 0 Å². The molecule has 1 aromatic heterocycles. The molecule has 98 valence electrons. The van der Waals surface area contributed by atoms with Gasteiger partial charge in [-0.25, -0.2) is 4.68 Å². The van der Waals surface area contributed by atoms with Crippen molar-refractivity contribution in [1.82, 2.24) is 14.7 Å². The van der Waals surface area contributed by atoms with E-state index in [-0.39, 0.29) is 5.91 Å². The Balaban J connectivity index is 1.84. The highest BCUT2D eigenvalue weighted by Gasteiger charge is 2.18. The summed E-state index contributed by atoms with van der Waals surface area (Å²) in [6.45, 7) is 1.69. The average Bonchev–Trinajstić information content (AvgIpc) is 3.02. The van der Waals surface area contributed by atoms with Gasteiger partial charge in [-0.1, -0.05) is 6.07 Å². The molecule has 1 saturated heterocycles. The Morgan fingerprint density at radius 1 is 1.21 bits per heavy atom. The second-order valence-electron chi connectivity index (χ2n) is 4.41. The number of hydrogen-bond acceptors (Lipinski definition) is 3. The minimum atomic E-state index is 0.120. The van der Waals surface area contributed by atoms with Crippen LogP contribution in [0.3, 0.4) is 0 Å². The lowest BCUT2D eigenvalue weighted by molar-refractivity contribution is 0.0772. The molecule has 0 radical (unpaired) electrons. The van der Waals surface area contributed by atoms with Gasteiger partial charge in [0.2, 0.25) is 0 Å². The van der Waals surface area contributed by atoms with Crippen LogP contribution in [0.1, 0.15) is 10.4 Å². The smallest absolute Gasteiger partial charge is 0.253 e. The Labute approximate surface area is 116 Å². The third-order valence-corrected chi connectivity index (χ3v) is 4.10. The van der Waals surface area contributed by atoms with Crippen LogP contribution in [0.4, 0.5) is 0 Å². The zero-order chi connectivity index (χ0) is 13.1. The van der Waals surface area contributed by atoms with Crippen molar-refractivity contribution in [3.63, 3.8) is 0 Å². The van der Waals surface area contributed by atoms with Crippen LogP contribution in [0.2, 0.25) is 0 Å². The van der Waals surface area contributed by atoms with E-state index in [1.807, 2.05) is 53.2 Å². The molecule has 2 aromatic rings. The number of nitrogens with zero attached hydrogens (tertiary/aromatic N) is 3. The molecule has 0 spiro atoms. The van der Waals surface area contributed by atoms with E-state index in [2.05, 4.69) is 5.10 Å². The fourth-order valence-electron chi connectivity index (χ4n) is 2.15. The first-order chi connectivity index (χ1) is 9.34. The van der Waals surface area contributed by atoms with E-state index in [9.17, 15) is 4.79 Å². The van der Waals surface area contributed by atoms with Gasteiger partial charge in [-0.05, 0) is 24.3 Å². The molecule has 1 aromatic carbocycles. The third kappa shape index (κ3) is 2.66. The maximum absolute atomic E-state index is 12.4. The van der Waals surface area contributed by atoms with Gasteiger partial charge in [-0.15, -0.1) is 0 Å². The van der Waals surface area contributed by atoms with Crippen LogP contribution in [-0.2, 0) is 0 Å². The van der Waals surface area contributed by atoms with Crippen LogP contribution in [0.25, 0.3) is 5.69 Å². The lowest BCUT2D eigenvalue weighted by Gasteiger charge is -2.26. The number of amides is 1. The van der Waals surface area contributed by atoms with Crippen molar-refractivity contribution >= 4 is 17.7 Å². The number of benzene rings is 1. The number of hydrogen-bond donors (Lipinski definition) is 0. The topological polar surface area (TPSA) is 38.1 Å². The summed E-state index contributed by atoms with van der Waals surface area (Å²) in [5.41, 5.74) is 1.65.